The van der Waals surface area contributed by atoms with Gasteiger partial charge in [-0.15, -0.1) is 0 Å². The maximum absolute atomic E-state index is 12.2. The first-order valence-corrected chi connectivity index (χ1v) is 10.6. The quantitative estimate of drug-likeness (QED) is 0.273. The van der Waals surface area contributed by atoms with Crippen LogP contribution < -0.4 is 15.2 Å². The number of hydrogen-bond acceptors (Lipinski definition) is 11. The summed E-state index contributed by atoms with van der Waals surface area (Å²) in [6.45, 7) is 6.67. The summed E-state index contributed by atoms with van der Waals surface area (Å²) < 4.78 is 30.0. The Kier molecular flexibility index (Phi) is 12.3. The summed E-state index contributed by atoms with van der Waals surface area (Å²) >= 11 is 0. The van der Waals surface area contributed by atoms with Crippen LogP contribution in [0.5, 0.6) is 11.5 Å². The Morgan fingerprint density at radius 3 is 2.03 bits per heavy atom. The van der Waals surface area contributed by atoms with Gasteiger partial charge < -0.3 is 34.2 Å². The van der Waals surface area contributed by atoms with E-state index in [-0.39, 0.29) is 37.7 Å². The van der Waals surface area contributed by atoms with Gasteiger partial charge in [-0.1, -0.05) is 19.9 Å². The molecular weight excluding hydrogens is 438 g/mol. The van der Waals surface area contributed by atoms with Crippen molar-refractivity contribution in [3.63, 3.8) is 0 Å². The number of benzene rings is 1. The first kappa shape index (κ1) is 27.7. The highest BCUT2D eigenvalue weighted by Crippen LogP contribution is 2.30. The van der Waals surface area contributed by atoms with Crippen LogP contribution in [0, 0.1) is 0 Å². The van der Waals surface area contributed by atoms with Gasteiger partial charge in [0.15, 0.2) is 11.5 Å². The van der Waals surface area contributed by atoms with Gasteiger partial charge in [-0.25, -0.2) is 9.59 Å². The third kappa shape index (κ3) is 11.2. The molecule has 184 valence electrons. The Hall–Kier alpha value is -3.34. The van der Waals surface area contributed by atoms with Crippen LogP contribution in [-0.4, -0.2) is 56.2 Å². The highest BCUT2D eigenvalue weighted by Gasteiger charge is 2.21. The fourth-order valence-electron chi connectivity index (χ4n) is 2.34. The van der Waals surface area contributed by atoms with E-state index in [4.69, 9.17) is 34.2 Å². The lowest BCUT2D eigenvalue weighted by atomic mass is 10.1. The van der Waals surface area contributed by atoms with Gasteiger partial charge in [0.05, 0.1) is 13.2 Å². The summed E-state index contributed by atoms with van der Waals surface area (Å²) in [4.78, 5) is 46.8. The molecule has 0 amide bonds. The summed E-state index contributed by atoms with van der Waals surface area (Å²) in [5, 5.41) is 0. The van der Waals surface area contributed by atoms with Gasteiger partial charge in [0, 0.05) is 6.92 Å². The van der Waals surface area contributed by atoms with Crippen molar-refractivity contribution in [3.8, 4) is 11.5 Å². The lowest BCUT2D eigenvalue weighted by Gasteiger charge is -2.17. The van der Waals surface area contributed by atoms with Crippen LogP contribution >= 0.6 is 0 Å². The van der Waals surface area contributed by atoms with Gasteiger partial charge in [-0.2, -0.15) is 0 Å². The number of carbonyl (C=O) groups is 4. The number of carbonyl (C=O) groups excluding carboxylic acids is 4. The van der Waals surface area contributed by atoms with Gasteiger partial charge in [0.1, 0.15) is 18.8 Å². The number of esters is 2. The molecule has 0 aliphatic rings. The summed E-state index contributed by atoms with van der Waals surface area (Å²) in [5.74, 6) is -1.37. The molecule has 1 rings (SSSR count). The smallest absolute Gasteiger partial charge is 0.462 e. The fourth-order valence-corrected chi connectivity index (χ4v) is 2.34. The van der Waals surface area contributed by atoms with E-state index >= 15 is 0 Å². The zero-order chi connectivity index (χ0) is 24.8. The van der Waals surface area contributed by atoms with Crippen LogP contribution in [0.1, 0.15) is 46.1 Å². The van der Waals surface area contributed by atoms with E-state index in [0.29, 0.717) is 18.4 Å². The molecule has 0 fully saturated rings. The molecule has 11 nitrogen and oxygen atoms in total. The van der Waals surface area contributed by atoms with Crippen molar-refractivity contribution in [1.82, 2.24) is 0 Å². The topological polar surface area (TPSA) is 150 Å². The van der Waals surface area contributed by atoms with E-state index in [2.05, 4.69) is 0 Å². The van der Waals surface area contributed by atoms with Crippen LogP contribution in [0.4, 0.5) is 9.59 Å². The average molecular weight is 469 g/mol. The Bertz CT molecular complexity index is 810. The van der Waals surface area contributed by atoms with E-state index < -0.39 is 36.4 Å². The molecule has 0 saturated carbocycles. The molecule has 0 aliphatic carbocycles. The van der Waals surface area contributed by atoms with Crippen molar-refractivity contribution in [3.05, 3.63) is 23.8 Å². The third-order valence-corrected chi connectivity index (χ3v) is 3.84. The van der Waals surface area contributed by atoms with Crippen molar-refractivity contribution >= 4 is 24.2 Å². The van der Waals surface area contributed by atoms with Crippen molar-refractivity contribution in [2.75, 3.05) is 19.8 Å². The van der Waals surface area contributed by atoms with Gasteiger partial charge in [0.25, 0.3) is 0 Å². The Labute approximate surface area is 192 Å². The zero-order valence-electron chi connectivity index (χ0n) is 19.3. The molecule has 0 spiro atoms. The van der Waals surface area contributed by atoms with Crippen LogP contribution in [0.25, 0.3) is 0 Å². The molecule has 2 atom stereocenters. The number of hydrogen-bond donors (Lipinski definition) is 1. The highest BCUT2D eigenvalue weighted by atomic mass is 16.7. The zero-order valence-corrected chi connectivity index (χ0v) is 19.3. The van der Waals surface area contributed by atoms with E-state index in [1.54, 1.807) is 13.0 Å². The molecular formula is C22H31NO10. The first-order valence-electron chi connectivity index (χ1n) is 10.6. The normalized spacial score (nSPS) is 12.2. The van der Waals surface area contributed by atoms with E-state index in [1.165, 1.54) is 19.1 Å². The summed E-state index contributed by atoms with van der Waals surface area (Å²) in [6, 6.07) is 3.27. The second-order valence-electron chi connectivity index (χ2n) is 7.04. The van der Waals surface area contributed by atoms with Crippen molar-refractivity contribution in [2.45, 2.75) is 59.1 Å². The molecule has 11 heteroatoms. The Morgan fingerprint density at radius 2 is 1.48 bits per heavy atom. The largest absolute Gasteiger partial charge is 0.513 e. The van der Waals surface area contributed by atoms with E-state index in [9.17, 15) is 19.2 Å². The number of nitrogens with two attached hydrogens (primary N) is 1. The van der Waals surface area contributed by atoms with Crippen molar-refractivity contribution in [1.29, 1.82) is 0 Å². The van der Waals surface area contributed by atoms with E-state index in [0.717, 1.165) is 0 Å². The molecule has 0 saturated heterocycles. The molecule has 0 heterocycles. The minimum Gasteiger partial charge on any atom is -0.462 e. The Morgan fingerprint density at radius 1 is 0.909 bits per heavy atom. The van der Waals surface area contributed by atoms with Crippen molar-refractivity contribution < 1.29 is 47.6 Å². The van der Waals surface area contributed by atoms with Gasteiger partial charge in [-0.05, 0) is 43.9 Å². The molecule has 0 unspecified atom stereocenters. The van der Waals surface area contributed by atoms with Crippen LogP contribution in [0.15, 0.2) is 18.2 Å². The number of rotatable bonds is 12. The monoisotopic (exact) mass is 469 g/mol. The van der Waals surface area contributed by atoms with Gasteiger partial charge >= 0.3 is 24.2 Å². The maximum Gasteiger partial charge on any atom is 0.513 e. The molecule has 0 bridgehead atoms. The fraction of sp³-hybridized carbons (Fsp3) is 0.545. The molecule has 2 N–H and O–H groups in total. The van der Waals surface area contributed by atoms with E-state index in [1.807, 2.05) is 13.8 Å². The lowest BCUT2D eigenvalue weighted by Crippen LogP contribution is -2.37. The molecule has 1 aromatic carbocycles. The van der Waals surface area contributed by atoms with Crippen LogP contribution in [0.2, 0.25) is 0 Å². The molecule has 0 aliphatic heterocycles. The van der Waals surface area contributed by atoms with Crippen LogP contribution in [0.3, 0.4) is 0 Å². The number of ether oxygens (including phenoxy) is 6. The van der Waals surface area contributed by atoms with Gasteiger partial charge in [0.2, 0.25) is 0 Å². The predicted octanol–water partition coefficient (Wildman–Crippen LogP) is 2.90. The second-order valence-corrected chi connectivity index (χ2v) is 7.04. The first-order chi connectivity index (χ1) is 15.7. The molecule has 0 radical (unpaired) electrons. The minimum absolute atomic E-state index is 0.0278. The minimum atomic E-state index is -1.05. The summed E-state index contributed by atoms with van der Waals surface area (Å²) in [5.41, 5.74) is 6.42. The maximum atomic E-state index is 12.2. The molecule has 0 aromatic heterocycles. The Balaban J connectivity index is 2.89. The molecule has 33 heavy (non-hydrogen) atoms. The predicted molar refractivity (Wildman–Crippen MR) is 115 cm³/mol. The molecule has 1 aromatic rings. The van der Waals surface area contributed by atoms with Gasteiger partial charge in [-0.3, -0.25) is 9.59 Å². The van der Waals surface area contributed by atoms with Crippen LogP contribution in [-0.2, 0) is 35.0 Å². The standard InChI is InChI=1S/C22H31NO10/c1-5-9-28-21(26)32-18-8-7-16(12-19(18)33-22(27)29-10-6-2)11-17(23)20(25)31-14(3)13-30-15(4)24/h7-8,12,14,17H,5-6,9-11,13,23H2,1-4H3/t14-,17-/m0/s1. The average Bonchev–Trinajstić information content (AvgIpc) is 2.76. The lowest BCUT2D eigenvalue weighted by molar-refractivity contribution is -0.157. The third-order valence-electron chi connectivity index (χ3n) is 3.84. The second kappa shape index (κ2) is 14.7. The van der Waals surface area contributed by atoms with Crippen molar-refractivity contribution in [2.24, 2.45) is 5.73 Å². The summed E-state index contributed by atoms with van der Waals surface area (Å²) in [6.07, 6.45) is -1.39. The SMILES string of the molecule is CCCOC(=O)Oc1ccc(C[C@H](N)C(=O)O[C@@H](C)COC(C)=O)cc1OC(=O)OCCC. The summed E-state index contributed by atoms with van der Waals surface area (Å²) in [7, 11) is 0. The highest BCUT2D eigenvalue weighted by molar-refractivity contribution is 5.76.